The van der Waals surface area contributed by atoms with Crippen LogP contribution in [0.15, 0.2) is 48.6 Å². The van der Waals surface area contributed by atoms with Crippen molar-refractivity contribution < 1.29 is 124 Å². The molecule has 0 radical (unpaired) electrons. The van der Waals surface area contributed by atoms with Crippen LogP contribution >= 0.6 is 0 Å². The van der Waals surface area contributed by atoms with E-state index in [1.165, 1.54) is 43.1 Å². The van der Waals surface area contributed by atoms with E-state index in [0.717, 1.165) is 9.80 Å². The molecule has 1 saturated heterocycles. The van der Waals surface area contributed by atoms with E-state index in [2.05, 4.69) is 42.5 Å². The molecule has 3 heterocycles. The SMILES string of the molecule is CC(=O)CNC(=O)CNC(=O)[C@@H]1CCCN1C(=O)[C@H](CCCNC(N)=O)CC(=O)[C@@H](NC(=O)CCOCCOCCOCCOCCN1C(=O)C=CC1=O)C(C)C.CC(=O)CNC(=O)OCc1ccc(NC(=O)[C@H](CCCNC(N)=O)CC(=O)[C@@H](NC(=O)CCOCCOCCOCCOCCN2C(=O)C=CC2=O)C(C)C)cc1. The lowest BCUT2D eigenvalue weighted by atomic mass is 9.89. The molecular formula is C75H115N13O26. The fraction of sp³-hybridized carbons (Fsp3) is 0.640. The number of carbonyl (C=O) groups is 17. The second-order valence-electron chi connectivity index (χ2n) is 27.1. The van der Waals surface area contributed by atoms with Gasteiger partial charge in [0.1, 0.15) is 24.2 Å². The summed E-state index contributed by atoms with van der Waals surface area (Å²) in [5.74, 6) is -7.52. The number of ether oxygens (including phenoxy) is 9. The highest BCUT2D eigenvalue weighted by molar-refractivity contribution is 6.13. The van der Waals surface area contributed by atoms with Crippen molar-refractivity contribution in [2.45, 2.75) is 130 Å². The number of Topliss-reactive ketones (excluding diaryl/α,β-unsaturated/α-hetero) is 4. The Labute approximate surface area is 662 Å². The number of carbonyl (C=O) groups excluding carboxylic acids is 17. The summed E-state index contributed by atoms with van der Waals surface area (Å²) in [6.45, 7) is 14.1. The number of nitrogens with two attached hydrogens (primary N) is 2. The van der Waals surface area contributed by atoms with Crippen molar-refractivity contribution >= 4 is 106 Å². The van der Waals surface area contributed by atoms with E-state index in [9.17, 15) is 81.5 Å². The first-order valence-corrected chi connectivity index (χ1v) is 38.0. The zero-order chi connectivity index (χ0) is 84.2. The van der Waals surface area contributed by atoms with Gasteiger partial charge in [0, 0.05) is 87.1 Å². The van der Waals surface area contributed by atoms with E-state index < -0.39 is 77.7 Å². The van der Waals surface area contributed by atoms with Gasteiger partial charge in [-0.25, -0.2) is 14.4 Å². The normalized spacial score (nSPS) is 14.7. The summed E-state index contributed by atoms with van der Waals surface area (Å²) >= 11 is 0. The monoisotopic (exact) mass is 1610 g/mol. The summed E-state index contributed by atoms with van der Waals surface area (Å²) in [6.07, 6.45) is 5.76. The molecule has 3 aliphatic rings. The Balaban J connectivity index is 0.000000590. The number of rotatable bonds is 60. The minimum absolute atomic E-state index is 0.00300. The molecule has 114 heavy (non-hydrogen) atoms. The first-order chi connectivity index (χ1) is 54.5. The number of primary amides is 2. The quantitative estimate of drug-likeness (QED) is 0.0286. The molecule has 0 bridgehead atoms. The van der Waals surface area contributed by atoms with Crippen molar-refractivity contribution in [3.63, 3.8) is 0 Å². The minimum atomic E-state index is -0.896. The lowest BCUT2D eigenvalue weighted by Gasteiger charge is -2.29. The second kappa shape index (κ2) is 57.1. The minimum Gasteiger partial charge on any atom is -0.445 e. The van der Waals surface area contributed by atoms with Crippen molar-refractivity contribution in [3.8, 4) is 0 Å². The number of amides is 15. The Hall–Kier alpha value is -10.0. The maximum absolute atomic E-state index is 13.9. The van der Waals surface area contributed by atoms with E-state index in [1.54, 1.807) is 52.0 Å². The van der Waals surface area contributed by atoms with Crippen molar-refractivity contribution in [3.05, 3.63) is 54.1 Å². The number of urea groups is 2. The fourth-order valence-electron chi connectivity index (χ4n) is 11.1. The molecule has 0 spiro atoms. The number of benzene rings is 1. The molecule has 15 amide bonds. The van der Waals surface area contributed by atoms with Gasteiger partial charge < -0.3 is 102 Å². The average molecular weight is 1610 g/mol. The van der Waals surface area contributed by atoms with Gasteiger partial charge in [-0.05, 0) is 81.9 Å². The molecule has 39 nitrogen and oxygen atoms in total. The van der Waals surface area contributed by atoms with Gasteiger partial charge in [-0.1, -0.05) is 39.8 Å². The van der Waals surface area contributed by atoms with E-state index >= 15 is 0 Å². The average Bonchev–Trinajstić information content (AvgIpc) is 1.59. The van der Waals surface area contributed by atoms with E-state index in [4.69, 9.17) is 54.1 Å². The smallest absolute Gasteiger partial charge is 0.407 e. The molecule has 5 atom stereocenters. The summed E-state index contributed by atoms with van der Waals surface area (Å²) in [4.78, 5) is 211. The summed E-state index contributed by atoms with van der Waals surface area (Å²) < 4.78 is 48.5. The summed E-state index contributed by atoms with van der Waals surface area (Å²) in [6, 6.07) is 2.48. The van der Waals surface area contributed by atoms with Crippen LogP contribution in [-0.4, -0.2) is 291 Å². The van der Waals surface area contributed by atoms with Gasteiger partial charge >= 0.3 is 18.2 Å². The van der Waals surface area contributed by atoms with Crippen molar-refractivity contribution in [2.24, 2.45) is 35.1 Å². The molecule has 0 saturated carbocycles. The third-order valence-corrected chi connectivity index (χ3v) is 17.1. The first-order valence-electron chi connectivity index (χ1n) is 38.0. The lowest BCUT2D eigenvalue weighted by Crippen LogP contribution is -2.51. The summed E-state index contributed by atoms with van der Waals surface area (Å²) in [7, 11) is 0. The molecular weight excluding hydrogens is 1500 g/mol. The maximum atomic E-state index is 13.9. The topological polar surface area (TPSA) is 531 Å². The van der Waals surface area contributed by atoms with Crippen LogP contribution in [0.2, 0.25) is 0 Å². The first kappa shape index (κ1) is 98.2. The predicted octanol–water partition coefficient (Wildman–Crippen LogP) is -0.669. The van der Waals surface area contributed by atoms with Crippen LogP contribution in [0, 0.1) is 23.7 Å². The number of anilines is 1. The highest BCUT2D eigenvalue weighted by Crippen LogP contribution is 2.26. The highest BCUT2D eigenvalue weighted by Gasteiger charge is 2.39. The Morgan fingerprint density at radius 2 is 0.868 bits per heavy atom. The molecule has 4 rings (SSSR count). The van der Waals surface area contributed by atoms with Crippen LogP contribution < -0.4 is 54.0 Å². The van der Waals surface area contributed by atoms with Gasteiger partial charge in [-0.3, -0.25) is 76.9 Å². The van der Waals surface area contributed by atoms with Gasteiger partial charge in [0.05, 0.1) is 151 Å². The molecule has 3 aliphatic heterocycles. The Kier molecular flexibility index (Phi) is 49.1. The molecule has 1 aromatic rings. The number of ketones is 4. The molecule has 0 unspecified atom stereocenters. The maximum Gasteiger partial charge on any atom is 0.407 e. The molecule has 0 aliphatic carbocycles. The Morgan fingerprint density at radius 1 is 0.474 bits per heavy atom. The number of nitrogens with one attached hydrogen (secondary N) is 8. The lowest BCUT2D eigenvalue weighted by molar-refractivity contribution is -0.143. The van der Waals surface area contributed by atoms with Crippen LogP contribution in [0.3, 0.4) is 0 Å². The van der Waals surface area contributed by atoms with Crippen LogP contribution in [0.5, 0.6) is 0 Å². The number of hydrogen-bond donors (Lipinski definition) is 10. The van der Waals surface area contributed by atoms with Gasteiger partial charge in [0.15, 0.2) is 11.6 Å². The van der Waals surface area contributed by atoms with Crippen LogP contribution in [0.25, 0.3) is 0 Å². The summed E-state index contributed by atoms with van der Waals surface area (Å²) in [5.41, 5.74) is 11.4. The third-order valence-electron chi connectivity index (χ3n) is 17.1. The zero-order valence-corrected chi connectivity index (χ0v) is 66.0. The number of nitrogens with zero attached hydrogens (tertiary/aromatic N) is 3. The van der Waals surface area contributed by atoms with Crippen molar-refractivity contribution in [2.75, 3.05) is 163 Å². The predicted molar refractivity (Wildman–Crippen MR) is 406 cm³/mol. The van der Waals surface area contributed by atoms with E-state index in [-0.39, 0.29) is 215 Å². The number of alkyl carbamates (subject to hydrolysis) is 1. The highest BCUT2D eigenvalue weighted by atomic mass is 16.6. The van der Waals surface area contributed by atoms with Crippen molar-refractivity contribution in [1.29, 1.82) is 0 Å². The van der Waals surface area contributed by atoms with Gasteiger partial charge in [0.25, 0.3) is 23.6 Å². The van der Waals surface area contributed by atoms with Gasteiger partial charge in [-0.2, -0.15) is 0 Å². The number of hydrogen-bond acceptors (Lipinski definition) is 26. The number of likely N-dealkylation sites (tertiary alicyclic amines) is 1. The largest absolute Gasteiger partial charge is 0.445 e. The van der Waals surface area contributed by atoms with Crippen molar-refractivity contribution in [1.82, 2.24) is 51.9 Å². The van der Waals surface area contributed by atoms with Gasteiger partial charge in [0.2, 0.25) is 35.4 Å². The Morgan fingerprint density at radius 3 is 1.28 bits per heavy atom. The standard InChI is InChI=1S/C38H56N6O13.C37H59N7O13/c1-26(2)35(43-32(47)12-15-53-17-19-55-21-22-56-20-18-54-16-14-44-33(48)10-11-34(44)49)31(46)23-29(5-4-13-40-37(39)51)36(50)42-30-8-6-28(7-9-30)25-57-38(52)41-24-27(3)45;1-25(2)34(42-30(47)10-14-54-16-18-56-20-21-57-19-17-55-15-13-44-32(49)8-9-33(44)50)29(46)22-27(6-4-11-39-37(38)53)36(52)43-12-5-7-28(43)35(51)41-24-31(48)40-23-26(3)45/h6-11,26,29,35H,4-5,12-25H2,1-3H3,(H,41,52)(H,42,50)(H,43,47)(H3,39,40,51);8-9,25,27-28,34H,4-7,10-24H2,1-3H3,(H,40,48)(H,41,51)(H,42,47)(H3,38,39,53)/t29-,35+;27-,28+,34+/m11/s1. The molecule has 636 valence electrons. The fourth-order valence-corrected chi connectivity index (χ4v) is 11.1. The van der Waals surface area contributed by atoms with E-state index in [0.29, 0.717) is 89.8 Å². The van der Waals surface area contributed by atoms with Crippen LogP contribution in [0.4, 0.5) is 20.1 Å². The molecule has 1 fully saturated rings. The second-order valence-corrected chi connectivity index (χ2v) is 27.1. The Bertz CT molecular complexity index is 3340. The molecule has 39 heteroatoms. The molecule has 0 aromatic heterocycles. The van der Waals surface area contributed by atoms with Gasteiger partial charge in [-0.15, -0.1) is 0 Å². The molecule has 12 N–H and O–H groups in total. The van der Waals surface area contributed by atoms with Crippen LogP contribution in [0.1, 0.15) is 111 Å². The molecule has 1 aromatic carbocycles. The number of imide groups is 2. The summed E-state index contributed by atoms with van der Waals surface area (Å²) in [5, 5.41) is 20.5. The van der Waals surface area contributed by atoms with E-state index in [1.807, 2.05) is 0 Å². The third kappa shape index (κ3) is 42.7. The zero-order valence-electron chi connectivity index (χ0n) is 66.0. The van der Waals surface area contributed by atoms with Crippen LogP contribution in [-0.2, 0) is 116 Å².